The van der Waals surface area contributed by atoms with Crippen molar-refractivity contribution in [3.8, 4) is 0 Å². The minimum Gasteiger partial charge on any atom is -0.481 e. The Bertz CT molecular complexity index is 906. The lowest BCUT2D eigenvalue weighted by atomic mass is 10.0. The number of halogens is 1. The van der Waals surface area contributed by atoms with Crippen LogP contribution in [0.1, 0.15) is 17.0 Å². The number of fused-ring (bicyclic) bond motifs is 1. The number of aliphatic carboxylic acids is 1. The highest BCUT2D eigenvalue weighted by Gasteiger charge is 2.38. The molecule has 0 spiro atoms. The topological polar surface area (TPSA) is 74.7 Å². The first-order valence-electron chi connectivity index (χ1n) is 7.16. The maximum absolute atomic E-state index is 12.6. The fourth-order valence-corrected chi connectivity index (χ4v) is 4.04. The fraction of sp³-hybridized carbons (Fsp3) is 0.118. The zero-order chi connectivity index (χ0) is 17.3. The molecule has 124 valence electrons. The van der Waals surface area contributed by atoms with E-state index in [1.807, 2.05) is 0 Å². The zero-order valence-electron chi connectivity index (χ0n) is 12.5. The number of carboxylic acids is 1. The lowest BCUT2D eigenvalue weighted by Crippen LogP contribution is -2.29. The van der Waals surface area contributed by atoms with E-state index in [0.717, 1.165) is 9.71 Å². The molecule has 3 rings (SSSR count). The average Bonchev–Trinajstić information content (AvgIpc) is 2.95. The highest BCUT2D eigenvalue weighted by molar-refractivity contribution is 7.95. The summed E-state index contributed by atoms with van der Waals surface area (Å²) in [4.78, 5) is 11.4. The van der Waals surface area contributed by atoms with E-state index >= 15 is 0 Å². The summed E-state index contributed by atoms with van der Waals surface area (Å²) in [6.45, 7) is -0.109. The first-order valence-corrected chi connectivity index (χ1v) is 9.05. The summed E-state index contributed by atoms with van der Waals surface area (Å²) < 4.78 is 26.4. The normalized spacial score (nSPS) is 17.2. The third-order valence-electron chi connectivity index (χ3n) is 3.84. The quantitative estimate of drug-likeness (QED) is 0.904. The molecule has 24 heavy (non-hydrogen) atoms. The third kappa shape index (κ3) is 3.16. The van der Waals surface area contributed by atoms with Crippen LogP contribution >= 0.6 is 11.6 Å². The maximum Gasteiger partial charge on any atom is 0.312 e. The maximum atomic E-state index is 12.6. The fourth-order valence-electron chi connectivity index (χ4n) is 2.64. The number of para-hydroxylation sites is 1. The Labute approximate surface area is 144 Å². The van der Waals surface area contributed by atoms with E-state index in [0.29, 0.717) is 21.8 Å². The molecular weight excluding hydrogens is 350 g/mol. The molecule has 0 fully saturated rings. The van der Waals surface area contributed by atoms with E-state index in [-0.39, 0.29) is 6.54 Å². The minimum absolute atomic E-state index is 0.109. The molecule has 0 saturated carbocycles. The molecule has 2 aromatic carbocycles. The molecule has 1 aliphatic heterocycles. The molecule has 2 aromatic rings. The van der Waals surface area contributed by atoms with Gasteiger partial charge < -0.3 is 5.11 Å². The van der Waals surface area contributed by atoms with Crippen molar-refractivity contribution in [2.45, 2.75) is 5.92 Å². The Morgan fingerprint density at radius 3 is 2.50 bits per heavy atom. The van der Waals surface area contributed by atoms with Crippen LogP contribution in [0, 0.1) is 0 Å². The second-order valence-corrected chi connectivity index (χ2v) is 7.56. The number of benzene rings is 2. The van der Waals surface area contributed by atoms with Crippen LogP contribution in [-0.4, -0.2) is 26.0 Å². The first-order chi connectivity index (χ1) is 11.4. The zero-order valence-corrected chi connectivity index (χ0v) is 14.0. The molecule has 0 aliphatic carbocycles. The molecule has 1 atom stereocenters. The SMILES string of the molecule is O=C(O)C1CN(S(=O)(=O)/C=C/c2ccc(Cl)cc2)c2ccccc21. The summed E-state index contributed by atoms with van der Waals surface area (Å²) in [6.07, 6.45) is 1.46. The van der Waals surface area contributed by atoms with Crippen LogP contribution in [0.5, 0.6) is 0 Å². The van der Waals surface area contributed by atoms with Gasteiger partial charge in [-0.3, -0.25) is 9.10 Å². The average molecular weight is 364 g/mol. The molecule has 1 N–H and O–H groups in total. The lowest BCUT2D eigenvalue weighted by Gasteiger charge is -2.17. The molecule has 7 heteroatoms. The number of sulfonamides is 1. The number of hydrogen-bond donors (Lipinski definition) is 1. The van der Waals surface area contributed by atoms with Gasteiger partial charge in [0.2, 0.25) is 0 Å². The van der Waals surface area contributed by atoms with Gasteiger partial charge in [0.1, 0.15) is 5.92 Å². The van der Waals surface area contributed by atoms with Crippen LogP contribution < -0.4 is 4.31 Å². The van der Waals surface area contributed by atoms with Gasteiger partial charge in [-0.05, 0) is 35.4 Å². The van der Waals surface area contributed by atoms with Crippen molar-refractivity contribution in [2.75, 3.05) is 10.8 Å². The standard InChI is InChI=1S/C17H14ClNO4S/c18-13-7-5-12(6-8-13)9-10-24(22,23)19-11-15(17(20)21)14-3-1-2-4-16(14)19/h1-10,15H,11H2,(H,20,21)/b10-9+. The molecule has 0 amide bonds. The number of anilines is 1. The Hall–Kier alpha value is -2.31. The van der Waals surface area contributed by atoms with E-state index < -0.39 is 21.9 Å². The molecule has 0 saturated heterocycles. The lowest BCUT2D eigenvalue weighted by molar-refractivity contribution is -0.138. The van der Waals surface area contributed by atoms with Gasteiger partial charge in [-0.2, -0.15) is 0 Å². The summed E-state index contributed by atoms with van der Waals surface area (Å²) in [6, 6.07) is 13.4. The van der Waals surface area contributed by atoms with Gasteiger partial charge in [-0.1, -0.05) is 41.9 Å². The monoisotopic (exact) mass is 363 g/mol. The van der Waals surface area contributed by atoms with Crippen molar-refractivity contribution in [1.82, 2.24) is 0 Å². The second-order valence-electron chi connectivity index (χ2n) is 5.38. The Balaban J connectivity index is 1.93. The smallest absolute Gasteiger partial charge is 0.312 e. The van der Waals surface area contributed by atoms with Crippen molar-refractivity contribution in [3.63, 3.8) is 0 Å². The van der Waals surface area contributed by atoms with Gasteiger partial charge in [0.15, 0.2) is 0 Å². The Kier molecular flexibility index (Phi) is 4.34. The largest absolute Gasteiger partial charge is 0.481 e. The molecule has 1 aliphatic rings. The number of hydrogen-bond acceptors (Lipinski definition) is 3. The van der Waals surface area contributed by atoms with Crippen LogP contribution in [0.2, 0.25) is 5.02 Å². The van der Waals surface area contributed by atoms with E-state index in [9.17, 15) is 18.3 Å². The van der Waals surface area contributed by atoms with Crippen molar-refractivity contribution >= 4 is 39.4 Å². The predicted octanol–water partition coefficient (Wildman–Crippen LogP) is 3.33. The summed E-state index contributed by atoms with van der Waals surface area (Å²) >= 11 is 5.80. The van der Waals surface area contributed by atoms with Gasteiger partial charge in [-0.15, -0.1) is 0 Å². The van der Waals surface area contributed by atoms with Crippen molar-refractivity contribution in [3.05, 3.63) is 70.1 Å². The van der Waals surface area contributed by atoms with Crippen molar-refractivity contribution in [1.29, 1.82) is 0 Å². The highest BCUT2D eigenvalue weighted by Crippen LogP contribution is 2.38. The summed E-state index contributed by atoms with van der Waals surface area (Å²) in [5.74, 6) is -1.90. The van der Waals surface area contributed by atoms with Crippen LogP contribution in [0.3, 0.4) is 0 Å². The second kappa shape index (κ2) is 6.30. The Morgan fingerprint density at radius 1 is 1.17 bits per heavy atom. The van der Waals surface area contributed by atoms with E-state index in [1.54, 1.807) is 48.5 Å². The summed E-state index contributed by atoms with van der Waals surface area (Å²) in [5, 5.41) is 11.0. The van der Waals surface area contributed by atoms with Crippen LogP contribution in [-0.2, 0) is 14.8 Å². The molecule has 1 unspecified atom stereocenters. The van der Waals surface area contributed by atoms with Crippen molar-refractivity contribution < 1.29 is 18.3 Å². The molecule has 1 heterocycles. The molecule has 5 nitrogen and oxygen atoms in total. The minimum atomic E-state index is -3.79. The van der Waals surface area contributed by atoms with E-state index in [1.165, 1.54) is 6.08 Å². The van der Waals surface area contributed by atoms with Crippen LogP contribution in [0.15, 0.2) is 53.9 Å². The summed E-state index contributed by atoms with van der Waals surface area (Å²) in [7, 11) is -3.79. The van der Waals surface area contributed by atoms with E-state index in [2.05, 4.69) is 0 Å². The van der Waals surface area contributed by atoms with Crippen LogP contribution in [0.4, 0.5) is 5.69 Å². The molecule has 0 aromatic heterocycles. The predicted molar refractivity (Wildman–Crippen MR) is 93.6 cm³/mol. The van der Waals surface area contributed by atoms with E-state index in [4.69, 9.17) is 11.6 Å². The van der Waals surface area contributed by atoms with Gasteiger partial charge >= 0.3 is 5.97 Å². The Morgan fingerprint density at radius 2 is 1.83 bits per heavy atom. The first kappa shape index (κ1) is 16.5. The van der Waals surface area contributed by atoms with Gasteiger partial charge in [0.05, 0.1) is 17.6 Å². The molecule has 0 radical (unpaired) electrons. The summed E-state index contributed by atoms with van der Waals surface area (Å²) in [5.41, 5.74) is 1.60. The number of carboxylic acid groups (broad SMARTS) is 1. The number of carbonyl (C=O) groups is 1. The van der Waals surface area contributed by atoms with Gasteiger partial charge in [0.25, 0.3) is 10.0 Å². The molecule has 0 bridgehead atoms. The molecular formula is C17H14ClNO4S. The van der Waals surface area contributed by atoms with Crippen LogP contribution in [0.25, 0.3) is 6.08 Å². The number of rotatable bonds is 4. The highest BCUT2D eigenvalue weighted by atomic mass is 35.5. The van der Waals surface area contributed by atoms with Gasteiger partial charge in [0, 0.05) is 5.02 Å². The third-order valence-corrected chi connectivity index (χ3v) is 5.53. The van der Waals surface area contributed by atoms with Gasteiger partial charge in [-0.25, -0.2) is 8.42 Å². The number of nitrogens with zero attached hydrogens (tertiary/aromatic N) is 1. The van der Waals surface area contributed by atoms with Crippen molar-refractivity contribution in [2.24, 2.45) is 0 Å².